The maximum atomic E-state index is 10.5. The summed E-state index contributed by atoms with van der Waals surface area (Å²) in [6.45, 7) is 0.500. The van der Waals surface area contributed by atoms with Gasteiger partial charge in [-0.1, -0.05) is 0 Å². The van der Waals surface area contributed by atoms with E-state index < -0.39 is 0 Å². The minimum absolute atomic E-state index is 0.00926. The number of amides is 1. The number of hydroxylamine groups is 1. The van der Waals surface area contributed by atoms with Crippen molar-refractivity contribution < 1.29 is 9.63 Å². The number of rotatable bonds is 1. The third-order valence-corrected chi connectivity index (χ3v) is 1.90. The van der Waals surface area contributed by atoms with E-state index in [2.05, 4.69) is 10.3 Å². The van der Waals surface area contributed by atoms with E-state index in [4.69, 9.17) is 0 Å². The van der Waals surface area contributed by atoms with Crippen LogP contribution in [-0.2, 0) is 9.63 Å². The third-order valence-electron chi connectivity index (χ3n) is 0.984. The molecule has 1 heterocycles. The van der Waals surface area contributed by atoms with E-state index >= 15 is 0 Å². The lowest BCUT2D eigenvalue weighted by atomic mass is 10.4. The molecule has 0 bridgehead atoms. The molecule has 0 aromatic carbocycles. The second kappa shape index (κ2) is 2.37. The number of thioether (sulfide) groups is 1. The van der Waals surface area contributed by atoms with E-state index in [0.29, 0.717) is 6.61 Å². The Morgan fingerprint density at radius 2 is 2.75 bits per heavy atom. The zero-order chi connectivity index (χ0) is 5.98. The average Bonchev–Trinajstić information content (AvgIpc) is 2.14. The summed E-state index contributed by atoms with van der Waals surface area (Å²) >= 11 is 1.50. The van der Waals surface area contributed by atoms with Crippen LogP contribution in [0.5, 0.6) is 0 Å². The van der Waals surface area contributed by atoms with Crippen LogP contribution in [0.25, 0.3) is 0 Å². The molecule has 1 fully saturated rings. The largest absolute Gasteiger partial charge is 0.272 e. The van der Waals surface area contributed by atoms with Crippen molar-refractivity contribution in [3.05, 3.63) is 0 Å². The van der Waals surface area contributed by atoms with Crippen LogP contribution < -0.4 is 5.48 Å². The highest BCUT2D eigenvalue weighted by Crippen LogP contribution is 2.10. The Morgan fingerprint density at radius 3 is 3.00 bits per heavy atom. The van der Waals surface area contributed by atoms with Crippen molar-refractivity contribution in [3.63, 3.8) is 0 Å². The van der Waals surface area contributed by atoms with E-state index in [0.717, 1.165) is 0 Å². The molecule has 1 amide bonds. The zero-order valence-electron chi connectivity index (χ0n) is 4.51. The van der Waals surface area contributed by atoms with Crippen LogP contribution in [0.3, 0.4) is 0 Å². The van der Waals surface area contributed by atoms with Crippen LogP contribution in [-0.4, -0.2) is 24.0 Å². The van der Waals surface area contributed by atoms with Crippen LogP contribution in [0.15, 0.2) is 0 Å². The first-order chi connectivity index (χ1) is 3.84. The maximum Gasteiger partial charge on any atom is 0.259 e. The average molecular weight is 133 g/mol. The van der Waals surface area contributed by atoms with Crippen molar-refractivity contribution in [1.82, 2.24) is 5.48 Å². The summed E-state index contributed by atoms with van der Waals surface area (Å²) in [4.78, 5) is 15.2. The van der Waals surface area contributed by atoms with Gasteiger partial charge in [0.2, 0.25) is 0 Å². The fourth-order valence-corrected chi connectivity index (χ4v) is 0.971. The highest BCUT2D eigenvalue weighted by Gasteiger charge is 2.23. The van der Waals surface area contributed by atoms with Crippen molar-refractivity contribution >= 4 is 17.7 Å². The number of hydrogen-bond acceptors (Lipinski definition) is 3. The molecule has 0 aromatic heterocycles. The van der Waals surface area contributed by atoms with Crippen molar-refractivity contribution in [1.29, 1.82) is 0 Å². The number of carbonyl (C=O) groups is 1. The fourth-order valence-electron chi connectivity index (χ4n) is 0.505. The summed E-state index contributed by atoms with van der Waals surface area (Å²) in [5.74, 6) is -0.0162. The third kappa shape index (κ3) is 0.952. The highest BCUT2D eigenvalue weighted by molar-refractivity contribution is 7.99. The topological polar surface area (TPSA) is 38.3 Å². The Kier molecular flexibility index (Phi) is 1.75. The van der Waals surface area contributed by atoms with E-state index in [1.165, 1.54) is 11.8 Å². The number of nitrogens with one attached hydrogen (secondary N) is 1. The summed E-state index contributed by atoms with van der Waals surface area (Å²) in [6.07, 6.45) is 1.89. The minimum Gasteiger partial charge on any atom is -0.272 e. The lowest BCUT2D eigenvalue weighted by molar-refractivity contribution is -0.123. The molecule has 0 aromatic rings. The second-order valence-electron chi connectivity index (χ2n) is 1.50. The minimum atomic E-state index is -0.0162. The molecule has 0 radical (unpaired) electrons. The van der Waals surface area contributed by atoms with Gasteiger partial charge < -0.3 is 0 Å². The van der Waals surface area contributed by atoms with Gasteiger partial charge in [-0.2, -0.15) is 0 Å². The Hall–Kier alpha value is -0.220. The standard InChI is InChI=1S/C4H7NO2S/c1-8-3-2-7-5-4(3)6/h3H,2H2,1H3,(H,5,6)/t3-/m1/s1. The molecule has 1 N–H and O–H groups in total. The van der Waals surface area contributed by atoms with Gasteiger partial charge in [-0.3, -0.25) is 9.63 Å². The molecule has 8 heavy (non-hydrogen) atoms. The monoisotopic (exact) mass is 133 g/mol. The molecule has 1 atom stereocenters. The van der Waals surface area contributed by atoms with E-state index in [1.54, 1.807) is 0 Å². The first-order valence-electron chi connectivity index (χ1n) is 2.29. The first-order valence-corrected chi connectivity index (χ1v) is 3.58. The number of carbonyl (C=O) groups excluding carboxylic acids is 1. The van der Waals surface area contributed by atoms with Crippen LogP contribution in [0.1, 0.15) is 0 Å². The first kappa shape index (κ1) is 5.91. The predicted octanol–water partition coefficient (Wildman–Crippen LogP) is -0.221. The lowest BCUT2D eigenvalue weighted by Crippen LogP contribution is -2.19. The number of hydrogen-bond donors (Lipinski definition) is 1. The zero-order valence-corrected chi connectivity index (χ0v) is 5.33. The Bertz CT molecular complexity index is 106. The molecule has 0 saturated carbocycles. The fraction of sp³-hybridized carbons (Fsp3) is 0.750. The summed E-state index contributed by atoms with van der Waals surface area (Å²) in [5.41, 5.74) is 2.26. The summed E-state index contributed by atoms with van der Waals surface area (Å²) in [6, 6.07) is 0. The predicted molar refractivity (Wildman–Crippen MR) is 31.4 cm³/mol. The van der Waals surface area contributed by atoms with Gasteiger partial charge in [0.1, 0.15) is 5.25 Å². The molecule has 0 unspecified atom stereocenters. The molecule has 1 aliphatic rings. The Balaban J connectivity index is 2.42. The molecule has 4 heteroatoms. The molecule has 1 rings (SSSR count). The van der Waals surface area contributed by atoms with Gasteiger partial charge in [0.15, 0.2) is 0 Å². The SMILES string of the molecule is CS[C@@H]1CONC1=O. The second-order valence-corrected chi connectivity index (χ2v) is 2.54. The molecule has 0 aliphatic carbocycles. The molecule has 46 valence electrons. The van der Waals surface area contributed by atoms with Crippen LogP contribution in [0.4, 0.5) is 0 Å². The van der Waals surface area contributed by atoms with Crippen LogP contribution in [0.2, 0.25) is 0 Å². The van der Waals surface area contributed by atoms with Gasteiger partial charge in [0.05, 0.1) is 6.61 Å². The van der Waals surface area contributed by atoms with Gasteiger partial charge >= 0.3 is 0 Å². The quantitative estimate of drug-likeness (QED) is 0.537. The van der Waals surface area contributed by atoms with Gasteiger partial charge in [0.25, 0.3) is 5.91 Å². The lowest BCUT2D eigenvalue weighted by Gasteiger charge is -1.94. The Morgan fingerprint density at radius 1 is 2.00 bits per heavy atom. The van der Waals surface area contributed by atoms with Crippen LogP contribution in [0, 0.1) is 0 Å². The normalized spacial score (nSPS) is 28.1. The highest BCUT2D eigenvalue weighted by atomic mass is 32.2. The summed E-state index contributed by atoms with van der Waals surface area (Å²) in [5, 5.41) is 0.00926. The van der Waals surface area contributed by atoms with Crippen molar-refractivity contribution in [2.75, 3.05) is 12.9 Å². The van der Waals surface area contributed by atoms with Crippen molar-refractivity contribution in [2.45, 2.75) is 5.25 Å². The van der Waals surface area contributed by atoms with Crippen molar-refractivity contribution in [2.24, 2.45) is 0 Å². The summed E-state index contributed by atoms with van der Waals surface area (Å²) in [7, 11) is 0. The molecular formula is C4H7NO2S. The molecule has 3 nitrogen and oxygen atoms in total. The van der Waals surface area contributed by atoms with Crippen LogP contribution >= 0.6 is 11.8 Å². The smallest absolute Gasteiger partial charge is 0.259 e. The Labute approximate surface area is 51.7 Å². The maximum absolute atomic E-state index is 10.5. The molecule has 1 aliphatic heterocycles. The molecule has 0 spiro atoms. The van der Waals surface area contributed by atoms with Gasteiger partial charge in [-0.15, -0.1) is 11.8 Å². The van der Waals surface area contributed by atoms with E-state index in [9.17, 15) is 4.79 Å². The molecule has 1 saturated heterocycles. The van der Waals surface area contributed by atoms with Crippen molar-refractivity contribution in [3.8, 4) is 0 Å². The van der Waals surface area contributed by atoms with Gasteiger partial charge in [0, 0.05) is 0 Å². The van der Waals surface area contributed by atoms with Gasteiger partial charge in [-0.25, -0.2) is 5.48 Å². The van der Waals surface area contributed by atoms with Gasteiger partial charge in [-0.05, 0) is 6.26 Å². The van der Waals surface area contributed by atoms with E-state index in [-0.39, 0.29) is 11.2 Å². The summed E-state index contributed by atoms with van der Waals surface area (Å²) < 4.78 is 0. The molecular weight excluding hydrogens is 126 g/mol. The van der Waals surface area contributed by atoms with E-state index in [1.807, 2.05) is 6.26 Å².